The van der Waals surface area contributed by atoms with Crippen LogP contribution in [0.15, 0.2) is 12.1 Å². The van der Waals surface area contributed by atoms with Gasteiger partial charge in [-0.05, 0) is 38.3 Å². The molecule has 0 radical (unpaired) electrons. The van der Waals surface area contributed by atoms with Crippen molar-refractivity contribution in [3.63, 3.8) is 0 Å². The zero-order valence-corrected chi connectivity index (χ0v) is 16.1. The highest BCUT2D eigenvalue weighted by Gasteiger charge is 2.28. The minimum Gasteiger partial charge on any atom is -0.478 e. The maximum absolute atomic E-state index is 11.9. The predicted octanol–water partition coefficient (Wildman–Crippen LogP) is 4.84. The molecule has 0 aromatic heterocycles. The molecule has 146 valence electrons. The van der Waals surface area contributed by atoms with E-state index in [1.807, 2.05) is 13.8 Å². The van der Waals surface area contributed by atoms with Gasteiger partial charge < -0.3 is 19.7 Å². The summed E-state index contributed by atoms with van der Waals surface area (Å²) >= 11 is 0. The summed E-state index contributed by atoms with van der Waals surface area (Å²) in [5.41, 5.74) is 0.595. The molecular formula is C20H30O6. The van der Waals surface area contributed by atoms with Crippen LogP contribution in [0.1, 0.15) is 97.4 Å². The molecule has 1 aromatic rings. The lowest BCUT2D eigenvalue weighted by Crippen LogP contribution is -2.18. The maximum Gasteiger partial charge on any atom is 0.336 e. The molecule has 2 N–H and O–H groups in total. The highest BCUT2D eigenvalue weighted by molar-refractivity contribution is 6.03. The third-order valence-corrected chi connectivity index (χ3v) is 4.30. The molecule has 0 bridgehead atoms. The average molecular weight is 366 g/mol. The molecule has 0 aliphatic heterocycles. The molecular weight excluding hydrogens is 336 g/mol. The number of unbranched alkanes of at least 4 members (excludes halogenated alkanes) is 2. The van der Waals surface area contributed by atoms with Crippen LogP contribution in [0.2, 0.25) is 0 Å². The summed E-state index contributed by atoms with van der Waals surface area (Å²) in [5, 5.41) is 19.1. The second kappa shape index (κ2) is 10.9. The fraction of sp³-hybridized carbons (Fsp3) is 0.600. The van der Waals surface area contributed by atoms with Crippen LogP contribution >= 0.6 is 0 Å². The zero-order chi connectivity index (χ0) is 19.7. The summed E-state index contributed by atoms with van der Waals surface area (Å²) in [6.07, 6.45) is 2.81. The summed E-state index contributed by atoms with van der Waals surface area (Å²) in [4.78, 5) is 23.4. The van der Waals surface area contributed by atoms with Crippen LogP contribution in [0.3, 0.4) is 0 Å². The molecule has 1 aromatic carbocycles. The molecule has 2 atom stereocenters. The number of benzene rings is 1. The lowest BCUT2D eigenvalue weighted by Gasteiger charge is -2.24. The molecule has 0 heterocycles. The van der Waals surface area contributed by atoms with E-state index in [0.29, 0.717) is 24.3 Å². The summed E-state index contributed by atoms with van der Waals surface area (Å²) in [6, 6.07) is 2.98. The summed E-state index contributed by atoms with van der Waals surface area (Å²) in [6.45, 7) is 8.75. The molecule has 2 unspecified atom stereocenters. The lowest BCUT2D eigenvalue weighted by molar-refractivity contribution is 0.0453. The fourth-order valence-corrected chi connectivity index (χ4v) is 2.82. The lowest BCUT2D eigenvalue weighted by atomic mass is 9.90. The van der Waals surface area contributed by atoms with E-state index in [4.69, 9.17) is 9.47 Å². The van der Waals surface area contributed by atoms with Gasteiger partial charge in [-0.15, -0.1) is 0 Å². The molecule has 0 saturated heterocycles. The molecule has 0 saturated carbocycles. The van der Waals surface area contributed by atoms with Gasteiger partial charge in [0.1, 0.15) is 0 Å². The average Bonchev–Trinajstić information content (AvgIpc) is 2.60. The highest BCUT2D eigenvalue weighted by atomic mass is 16.5. The monoisotopic (exact) mass is 366 g/mol. The van der Waals surface area contributed by atoms with Gasteiger partial charge in [-0.25, -0.2) is 9.59 Å². The van der Waals surface area contributed by atoms with Gasteiger partial charge in [0.25, 0.3) is 0 Å². The van der Waals surface area contributed by atoms with Crippen molar-refractivity contribution in [1.29, 1.82) is 0 Å². The van der Waals surface area contributed by atoms with Crippen LogP contribution in [-0.2, 0) is 9.47 Å². The van der Waals surface area contributed by atoms with E-state index in [1.54, 1.807) is 13.0 Å². The van der Waals surface area contributed by atoms with E-state index < -0.39 is 18.0 Å². The molecule has 6 nitrogen and oxygen atoms in total. The largest absolute Gasteiger partial charge is 0.478 e. The molecule has 0 fully saturated rings. The van der Waals surface area contributed by atoms with E-state index in [9.17, 15) is 19.8 Å². The Morgan fingerprint density at radius 1 is 0.923 bits per heavy atom. The highest BCUT2D eigenvalue weighted by Crippen LogP contribution is 2.33. The first kappa shape index (κ1) is 22.1. The SMILES string of the molecule is CCCCOC(C)c1ccc(C(=O)O)c(C(=O)O)c1C(C)OCCCC. The van der Waals surface area contributed by atoms with Gasteiger partial charge in [0.2, 0.25) is 0 Å². The van der Waals surface area contributed by atoms with Gasteiger partial charge in [-0.3, -0.25) is 0 Å². The van der Waals surface area contributed by atoms with Crippen molar-refractivity contribution in [3.05, 3.63) is 34.4 Å². The molecule has 1 rings (SSSR count). The van der Waals surface area contributed by atoms with E-state index >= 15 is 0 Å². The van der Waals surface area contributed by atoms with E-state index in [1.165, 1.54) is 6.07 Å². The second-order valence-electron chi connectivity index (χ2n) is 6.33. The first-order chi connectivity index (χ1) is 12.3. The van der Waals surface area contributed by atoms with Gasteiger partial charge in [0.15, 0.2) is 0 Å². The summed E-state index contributed by atoms with van der Waals surface area (Å²) < 4.78 is 11.6. The molecule has 0 spiro atoms. The van der Waals surface area contributed by atoms with Crippen LogP contribution in [0.4, 0.5) is 0 Å². The Balaban J connectivity index is 3.36. The molecule has 26 heavy (non-hydrogen) atoms. The van der Waals surface area contributed by atoms with Gasteiger partial charge in [0.05, 0.1) is 23.3 Å². The van der Waals surface area contributed by atoms with Crippen molar-refractivity contribution < 1.29 is 29.3 Å². The smallest absolute Gasteiger partial charge is 0.336 e. The quantitative estimate of drug-likeness (QED) is 0.514. The van der Waals surface area contributed by atoms with E-state index in [-0.39, 0.29) is 17.2 Å². The number of carboxylic acid groups (broad SMARTS) is 2. The third-order valence-electron chi connectivity index (χ3n) is 4.30. The fourth-order valence-electron chi connectivity index (χ4n) is 2.82. The summed E-state index contributed by atoms with van der Waals surface area (Å²) in [5.74, 6) is -2.54. The zero-order valence-electron chi connectivity index (χ0n) is 16.1. The Morgan fingerprint density at radius 2 is 1.46 bits per heavy atom. The number of aromatic carboxylic acids is 2. The second-order valence-corrected chi connectivity index (χ2v) is 6.33. The standard InChI is InChI=1S/C20H30O6/c1-5-7-11-25-13(3)15-9-10-16(19(21)22)18(20(23)24)17(15)14(4)26-12-8-6-2/h9-10,13-14H,5-8,11-12H2,1-4H3,(H,21,22)(H,23,24). The molecule has 6 heteroatoms. The van der Waals surface area contributed by atoms with Gasteiger partial charge in [-0.1, -0.05) is 32.8 Å². The number of hydrogen-bond donors (Lipinski definition) is 2. The Bertz CT molecular complexity index is 611. The first-order valence-corrected chi connectivity index (χ1v) is 9.21. The van der Waals surface area contributed by atoms with Crippen molar-refractivity contribution in [1.82, 2.24) is 0 Å². The molecule has 0 aliphatic carbocycles. The van der Waals surface area contributed by atoms with Crippen molar-refractivity contribution in [2.24, 2.45) is 0 Å². The molecule has 0 aliphatic rings. The Labute approximate surface area is 155 Å². The van der Waals surface area contributed by atoms with Crippen molar-refractivity contribution in [3.8, 4) is 0 Å². The Kier molecular flexibility index (Phi) is 9.30. The van der Waals surface area contributed by atoms with E-state index in [2.05, 4.69) is 6.92 Å². The maximum atomic E-state index is 11.9. The summed E-state index contributed by atoms with van der Waals surface area (Å²) in [7, 11) is 0. The van der Waals surface area contributed by atoms with Crippen LogP contribution in [0, 0.1) is 0 Å². The number of ether oxygens (including phenoxy) is 2. The predicted molar refractivity (Wildman–Crippen MR) is 98.9 cm³/mol. The van der Waals surface area contributed by atoms with Crippen molar-refractivity contribution >= 4 is 11.9 Å². The van der Waals surface area contributed by atoms with Gasteiger partial charge in [-0.2, -0.15) is 0 Å². The number of carboxylic acids is 2. The first-order valence-electron chi connectivity index (χ1n) is 9.21. The minimum atomic E-state index is -1.27. The topological polar surface area (TPSA) is 93.1 Å². The van der Waals surface area contributed by atoms with Crippen molar-refractivity contribution in [2.75, 3.05) is 13.2 Å². The number of rotatable bonds is 12. The Morgan fingerprint density at radius 3 is 1.92 bits per heavy atom. The molecule has 0 amide bonds. The van der Waals surface area contributed by atoms with Gasteiger partial charge in [0, 0.05) is 18.8 Å². The Hall–Kier alpha value is -1.92. The van der Waals surface area contributed by atoms with E-state index in [0.717, 1.165) is 25.7 Å². The third kappa shape index (κ3) is 5.81. The number of carbonyl (C=O) groups is 2. The van der Waals surface area contributed by atoms with Gasteiger partial charge >= 0.3 is 11.9 Å². The normalized spacial score (nSPS) is 13.4. The minimum absolute atomic E-state index is 0.218. The number of hydrogen-bond acceptors (Lipinski definition) is 4. The van der Waals surface area contributed by atoms with Crippen molar-refractivity contribution in [2.45, 2.75) is 65.6 Å². The van der Waals surface area contributed by atoms with Crippen LogP contribution < -0.4 is 0 Å². The van der Waals surface area contributed by atoms with Crippen LogP contribution in [0.5, 0.6) is 0 Å². The van der Waals surface area contributed by atoms with Crippen LogP contribution in [-0.4, -0.2) is 35.4 Å². The van der Waals surface area contributed by atoms with Crippen LogP contribution in [0.25, 0.3) is 0 Å².